The molecule has 118 valence electrons. The largest absolute Gasteiger partial charge is 0.397 e. The van der Waals surface area contributed by atoms with Gasteiger partial charge in [-0.2, -0.15) is 0 Å². The molecule has 0 radical (unpaired) electrons. The van der Waals surface area contributed by atoms with Crippen LogP contribution in [0.2, 0.25) is 0 Å². The summed E-state index contributed by atoms with van der Waals surface area (Å²) in [6.45, 7) is 4.95. The molecular weight excluding hydrogens is 270 g/mol. The molecule has 1 amide bonds. The van der Waals surface area contributed by atoms with Crippen molar-refractivity contribution in [2.45, 2.75) is 25.9 Å². The first kappa shape index (κ1) is 17.3. The summed E-state index contributed by atoms with van der Waals surface area (Å²) in [6.07, 6.45) is 0.506. The maximum atomic E-state index is 11.8. The van der Waals surface area contributed by atoms with Crippen LogP contribution >= 0.6 is 0 Å². The van der Waals surface area contributed by atoms with Gasteiger partial charge in [-0.15, -0.1) is 0 Å². The van der Waals surface area contributed by atoms with Gasteiger partial charge in [0.05, 0.1) is 17.0 Å². The molecule has 1 atom stereocenters. The molecule has 0 heterocycles. The molecule has 1 aromatic carbocycles. The zero-order valence-corrected chi connectivity index (χ0v) is 12.9. The highest BCUT2D eigenvalue weighted by Gasteiger charge is 2.20. The van der Waals surface area contributed by atoms with Crippen LogP contribution < -0.4 is 16.4 Å². The molecule has 1 aromatic rings. The fourth-order valence-electron chi connectivity index (χ4n) is 1.81. The van der Waals surface area contributed by atoms with Crippen molar-refractivity contribution in [2.75, 3.05) is 37.9 Å². The summed E-state index contributed by atoms with van der Waals surface area (Å²) in [6, 6.07) is 5.04. The number of carbonyl (C=O) groups is 1. The number of nitrogens with one attached hydrogen (secondary N) is 2. The molecule has 21 heavy (non-hydrogen) atoms. The number of nitrogen functional groups attached to an aromatic ring is 1. The monoisotopic (exact) mass is 295 g/mol. The predicted molar refractivity (Wildman–Crippen MR) is 84.5 cm³/mol. The lowest BCUT2D eigenvalue weighted by Crippen LogP contribution is -2.35. The smallest absolute Gasteiger partial charge is 0.251 e. The first-order valence-corrected chi connectivity index (χ1v) is 7.02. The SMILES string of the molecule is CCNC(=O)c1ccc(N)c(NCC(C)(O)CCOC)c1. The number of nitrogens with two attached hydrogens (primary N) is 1. The van der Waals surface area contributed by atoms with E-state index in [1.54, 1.807) is 32.2 Å². The van der Waals surface area contributed by atoms with Crippen LogP contribution in [0.4, 0.5) is 11.4 Å². The summed E-state index contributed by atoms with van der Waals surface area (Å²) in [5.41, 5.74) is 6.68. The van der Waals surface area contributed by atoms with Crippen LogP contribution in [0.25, 0.3) is 0 Å². The van der Waals surface area contributed by atoms with Gasteiger partial charge in [-0.3, -0.25) is 4.79 Å². The summed E-state index contributed by atoms with van der Waals surface area (Å²) >= 11 is 0. The molecule has 0 aliphatic carbocycles. The van der Waals surface area contributed by atoms with Crippen molar-refractivity contribution >= 4 is 17.3 Å². The number of anilines is 2. The van der Waals surface area contributed by atoms with E-state index in [9.17, 15) is 9.90 Å². The fourth-order valence-corrected chi connectivity index (χ4v) is 1.81. The minimum Gasteiger partial charge on any atom is -0.397 e. The van der Waals surface area contributed by atoms with E-state index >= 15 is 0 Å². The van der Waals surface area contributed by atoms with E-state index in [0.717, 1.165) is 0 Å². The number of rotatable bonds is 8. The van der Waals surface area contributed by atoms with E-state index in [0.29, 0.717) is 43.1 Å². The summed E-state index contributed by atoms with van der Waals surface area (Å²) in [5.74, 6) is -0.147. The van der Waals surface area contributed by atoms with Crippen LogP contribution in [0.5, 0.6) is 0 Å². The Morgan fingerprint density at radius 2 is 2.19 bits per heavy atom. The Bertz CT molecular complexity index is 475. The first-order chi connectivity index (χ1) is 9.89. The van der Waals surface area contributed by atoms with Gasteiger partial charge < -0.3 is 26.2 Å². The van der Waals surface area contributed by atoms with Gasteiger partial charge in [0.2, 0.25) is 0 Å². The number of amides is 1. The Morgan fingerprint density at radius 3 is 2.81 bits per heavy atom. The molecule has 6 nitrogen and oxygen atoms in total. The first-order valence-electron chi connectivity index (χ1n) is 7.02. The molecule has 0 bridgehead atoms. The van der Waals surface area contributed by atoms with E-state index in [1.807, 2.05) is 6.92 Å². The summed E-state index contributed by atoms with van der Waals surface area (Å²) in [4.78, 5) is 11.8. The number of ether oxygens (including phenoxy) is 1. The molecule has 0 spiro atoms. The molecule has 0 saturated carbocycles. The average Bonchev–Trinajstić information content (AvgIpc) is 2.44. The van der Waals surface area contributed by atoms with Crippen molar-refractivity contribution in [3.05, 3.63) is 23.8 Å². The number of carbonyl (C=O) groups excluding carboxylic acids is 1. The van der Waals surface area contributed by atoms with Crippen molar-refractivity contribution in [1.29, 1.82) is 0 Å². The summed E-state index contributed by atoms with van der Waals surface area (Å²) < 4.78 is 4.97. The van der Waals surface area contributed by atoms with Gasteiger partial charge in [0.1, 0.15) is 0 Å². The Labute approximate surface area is 125 Å². The predicted octanol–water partition coefficient (Wildman–Crippen LogP) is 1.22. The van der Waals surface area contributed by atoms with Gasteiger partial charge in [0, 0.05) is 38.8 Å². The molecule has 0 aromatic heterocycles. The molecular formula is C15H25N3O3. The van der Waals surface area contributed by atoms with Crippen LogP contribution in [-0.2, 0) is 4.74 Å². The number of hydrogen-bond acceptors (Lipinski definition) is 5. The van der Waals surface area contributed by atoms with E-state index in [1.165, 1.54) is 0 Å². The second-order valence-corrected chi connectivity index (χ2v) is 5.25. The molecule has 5 N–H and O–H groups in total. The number of methoxy groups -OCH3 is 1. The maximum Gasteiger partial charge on any atom is 0.251 e. The number of aliphatic hydroxyl groups is 1. The van der Waals surface area contributed by atoms with Gasteiger partial charge in [-0.1, -0.05) is 0 Å². The minimum absolute atomic E-state index is 0.147. The normalized spacial score (nSPS) is 13.5. The average molecular weight is 295 g/mol. The van der Waals surface area contributed by atoms with Gasteiger partial charge in [0.25, 0.3) is 5.91 Å². The van der Waals surface area contributed by atoms with Crippen molar-refractivity contribution in [1.82, 2.24) is 5.32 Å². The Hall–Kier alpha value is -1.79. The molecule has 1 rings (SSSR count). The van der Waals surface area contributed by atoms with Crippen LogP contribution in [0.15, 0.2) is 18.2 Å². The lowest BCUT2D eigenvalue weighted by Gasteiger charge is -2.24. The Balaban J connectivity index is 2.74. The van der Waals surface area contributed by atoms with Crippen molar-refractivity contribution in [3.8, 4) is 0 Å². The van der Waals surface area contributed by atoms with Gasteiger partial charge >= 0.3 is 0 Å². The molecule has 0 fully saturated rings. The standard InChI is InChI=1S/C15H25N3O3/c1-4-17-14(19)11-5-6-12(16)13(9-11)18-10-15(2,20)7-8-21-3/h5-6,9,18,20H,4,7-8,10,16H2,1-3H3,(H,17,19). The van der Waals surface area contributed by atoms with E-state index < -0.39 is 5.60 Å². The third-order valence-electron chi connectivity index (χ3n) is 3.16. The maximum absolute atomic E-state index is 11.8. The fraction of sp³-hybridized carbons (Fsp3) is 0.533. The zero-order chi connectivity index (χ0) is 15.9. The highest BCUT2D eigenvalue weighted by Crippen LogP contribution is 2.21. The Kier molecular flexibility index (Phi) is 6.45. The quantitative estimate of drug-likeness (QED) is 0.541. The number of hydrogen-bond donors (Lipinski definition) is 4. The van der Waals surface area contributed by atoms with Crippen LogP contribution in [0, 0.1) is 0 Å². The lowest BCUT2D eigenvalue weighted by molar-refractivity contribution is 0.0358. The molecule has 0 aliphatic rings. The second kappa shape index (κ2) is 7.85. The van der Waals surface area contributed by atoms with Crippen molar-refractivity contribution < 1.29 is 14.6 Å². The topological polar surface area (TPSA) is 96.6 Å². The third kappa shape index (κ3) is 5.61. The summed E-state index contributed by atoms with van der Waals surface area (Å²) in [7, 11) is 1.59. The van der Waals surface area contributed by atoms with Crippen LogP contribution in [0.1, 0.15) is 30.6 Å². The van der Waals surface area contributed by atoms with Crippen LogP contribution in [-0.4, -0.2) is 43.4 Å². The molecule has 0 aliphatic heterocycles. The second-order valence-electron chi connectivity index (χ2n) is 5.25. The highest BCUT2D eigenvalue weighted by atomic mass is 16.5. The van der Waals surface area contributed by atoms with Gasteiger partial charge in [-0.25, -0.2) is 0 Å². The van der Waals surface area contributed by atoms with Crippen molar-refractivity contribution in [3.63, 3.8) is 0 Å². The number of benzene rings is 1. The van der Waals surface area contributed by atoms with E-state index in [4.69, 9.17) is 10.5 Å². The molecule has 1 unspecified atom stereocenters. The highest BCUT2D eigenvalue weighted by molar-refractivity contribution is 5.96. The molecule has 6 heteroatoms. The van der Waals surface area contributed by atoms with Gasteiger partial charge in [-0.05, 0) is 32.0 Å². The van der Waals surface area contributed by atoms with Gasteiger partial charge in [0.15, 0.2) is 0 Å². The zero-order valence-electron chi connectivity index (χ0n) is 12.9. The Morgan fingerprint density at radius 1 is 1.48 bits per heavy atom. The molecule has 0 saturated heterocycles. The minimum atomic E-state index is -0.913. The van der Waals surface area contributed by atoms with E-state index in [-0.39, 0.29) is 5.91 Å². The van der Waals surface area contributed by atoms with E-state index in [2.05, 4.69) is 10.6 Å². The van der Waals surface area contributed by atoms with Crippen molar-refractivity contribution in [2.24, 2.45) is 0 Å². The summed E-state index contributed by atoms with van der Waals surface area (Å²) in [5, 5.41) is 16.0. The third-order valence-corrected chi connectivity index (χ3v) is 3.16. The van der Waals surface area contributed by atoms with Crippen LogP contribution in [0.3, 0.4) is 0 Å². The lowest BCUT2D eigenvalue weighted by atomic mass is 10.0.